The number of halogens is 1. The highest BCUT2D eigenvalue weighted by atomic mass is 79.9. The van der Waals surface area contributed by atoms with Gasteiger partial charge in [-0.2, -0.15) is 4.72 Å². The highest BCUT2D eigenvalue weighted by molar-refractivity contribution is 9.10. The molecule has 0 aliphatic heterocycles. The van der Waals surface area contributed by atoms with Gasteiger partial charge in [0.15, 0.2) is 0 Å². The van der Waals surface area contributed by atoms with Gasteiger partial charge in [-0.15, -0.1) is 0 Å². The topological polar surface area (TPSA) is 111 Å². The molecule has 2 aromatic carbocycles. The third-order valence-corrected chi connectivity index (χ3v) is 5.96. The fourth-order valence-electron chi connectivity index (χ4n) is 2.66. The van der Waals surface area contributed by atoms with E-state index in [0.29, 0.717) is 0 Å². The molecule has 0 spiro atoms. The van der Waals surface area contributed by atoms with Gasteiger partial charge in [0.25, 0.3) is 5.91 Å². The fourth-order valence-corrected chi connectivity index (χ4v) is 4.12. The second-order valence-corrected chi connectivity index (χ2v) is 8.30. The SMILES string of the molecule is O=C(NO)[C@@H](Cc1c[nH]c2ccccc12)NS(=O)(=O)c1ccc(Br)cc1. The average molecular weight is 438 g/mol. The Bertz CT molecular complexity index is 1030. The number of aromatic amines is 1. The van der Waals surface area contributed by atoms with E-state index in [1.54, 1.807) is 18.3 Å². The molecule has 1 atom stereocenters. The van der Waals surface area contributed by atoms with Crippen LogP contribution in [0.25, 0.3) is 10.9 Å². The molecule has 0 bridgehead atoms. The number of rotatable bonds is 6. The minimum absolute atomic E-state index is 0.0235. The molecular formula is C17H16BrN3O4S. The van der Waals surface area contributed by atoms with E-state index in [9.17, 15) is 13.2 Å². The zero-order valence-electron chi connectivity index (χ0n) is 13.4. The molecule has 9 heteroatoms. The lowest BCUT2D eigenvalue weighted by atomic mass is 10.1. The van der Waals surface area contributed by atoms with E-state index in [-0.39, 0.29) is 11.3 Å². The van der Waals surface area contributed by atoms with Crippen molar-refractivity contribution in [1.29, 1.82) is 0 Å². The van der Waals surface area contributed by atoms with Crippen molar-refractivity contribution >= 4 is 42.8 Å². The number of hydroxylamine groups is 1. The number of sulfonamides is 1. The molecule has 1 amide bonds. The van der Waals surface area contributed by atoms with Gasteiger partial charge in [-0.1, -0.05) is 34.1 Å². The summed E-state index contributed by atoms with van der Waals surface area (Å²) < 4.78 is 28.2. The maximum Gasteiger partial charge on any atom is 0.261 e. The molecule has 26 heavy (non-hydrogen) atoms. The third-order valence-electron chi connectivity index (χ3n) is 3.95. The number of carbonyl (C=O) groups excluding carboxylic acids is 1. The van der Waals surface area contributed by atoms with Crippen molar-refractivity contribution in [3.05, 3.63) is 64.8 Å². The summed E-state index contributed by atoms with van der Waals surface area (Å²) in [6.07, 6.45) is 1.79. The number of aromatic nitrogens is 1. The lowest BCUT2D eigenvalue weighted by Gasteiger charge is -2.17. The van der Waals surface area contributed by atoms with Gasteiger partial charge in [0.1, 0.15) is 6.04 Å². The Kier molecular flexibility index (Phi) is 5.42. The van der Waals surface area contributed by atoms with Gasteiger partial charge in [0.2, 0.25) is 10.0 Å². The summed E-state index contributed by atoms with van der Waals surface area (Å²) in [4.78, 5) is 15.1. The van der Waals surface area contributed by atoms with Gasteiger partial charge in [-0.3, -0.25) is 10.0 Å². The minimum atomic E-state index is -3.94. The fraction of sp³-hybridized carbons (Fsp3) is 0.118. The second kappa shape index (κ2) is 7.58. The number of hydrogen-bond acceptors (Lipinski definition) is 4. The van der Waals surface area contributed by atoms with E-state index >= 15 is 0 Å². The number of carbonyl (C=O) groups is 1. The molecule has 7 nitrogen and oxygen atoms in total. The molecule has 136 valence electrons. The van der Waals surface area contributed by atoms with E-state index in [1.807, 2.05) is 24.3 Å². The van der Waals surface area contributed by atoms with Crippen LogP contribution < -0.4 is 10.2 Å². The van der Waals surface area contributed by atoms with Crippen LogP contribution >= 0.6 is 15.9 Å². The molecule has 3 aromatic rings. The molecule has 0 unspecified atom stereocenters. The molecular weight excluding hydrogens is 422 g/mol. The zero-order valence-corrected chi connectivity index (χ0v) is 15.8. The first kappa shape index (κ1) is 18.6. The van der Waals surface area contributed by atoms with Crippen molar-refractivity contribution in [1.82, 2.24) is 15.2 Å². The number of benzene rings is 2. The molecule has 1 aromatic heterocycles. The van der Waals surface area contributed by atoms with E-state index in [4.69, 9.17) is 5.21 Å². The molecule has 0 fully saturated rings. The minimum Gasteiger partial charge on any atom is -0.361 e. The van der Waals surface area contributed by atoms with Crippen LogP contribution in [-0.2, 0) is 21.2 Å². The van der Waals surface area contributed by atoms with Crippen molar-refractivity contribution in [2.24, 2.45) is 0 Å². The van der Waals surface area contributed by atoms with E-state index in [0.717, 1.165) is 20.9 Å². The molecule has 0 radical (unpaired) electrons. The monoisotopic (exact) mass is 437 g/mol. The molecule has 0 aliphatic carbocycles. The van der Waals surface area contributed by atoms with Crippen LogP contribution in [0.15, 0.2) is 64.1 Å². The summed E-state index contributed by atoms with van der Waals surface area (Å²) in [5, 5.41) is 9.88. The van der Waals surface area contributed by atoms with Crippen molar-refractivity contribution in [3.8, 4) is 0 Å². The highest BCUT2D eigenvalue weighted by Gasteiger charge is 2.26. The first-order chi connectivity index (χ1) is 12.4. The van der Waals surface area contributed by atoms with Gasteiger partial charge in [-0.05, 0) is 42.3 Å². The second-order valence-electron chi connectivity index (χ2n) is 5.67. The maximum atomic E-state index is 12.6. The van der Waals surface area contributed by atoms with Crippen molar-refractivity contribution in [2.75, 3.05) is 0 Å². The van der Waals surface area contributed by atoms with Crippen LogP contribution in [0.2, 0.25) is 0 Å². The summed E-state index contributed by atoms with van der Waals surface area (Å²) >= 11 is 3.24. The Balaban J connectivity index is 1.89. The van der Waals surface area contributed by atoms with Gasteiger partial charge in [0, 0.05) is 21.6 Å². The maximum absolute atomic E-state index is 12.6. The first-order valence-electron chi connectivity index (χ1n) is 7.67. The quantitative estimate of drug-likeness (QED) is 0.350. The van der Waals surface area contributed by atoms with E-state index in [2.05, 4.69) is 25.6 Å². The van der Waals surface area contributed by atoms with Crippen molar-refractivity contribution < 1.29 is 18.4 Å². The van der Waals surface area contributed by atoms with Gasteiger partial charge in [0.05, 0.1) is 4.90 Å². The predicted molar refractivity (Wildman–Crippen MR) is 100 cm³/mol. The smallest absolute Gasteiger partial charge is 0.261 e. The van der Waals surface area contributed by atoms with Crippen LogP contribution in [0.5, 0.6) is 0 Å². The zero-order chi connectivity index (χ0) is 18.7. The number of amides is 1. The van der Waals surface area contributed by atoms with Gasteiger partial charge >= 0.3 is 0 Å². The molecule has 0 saturated carbocycles. The number of para-hydroxylation sites is 1. The summed E-state index contributed by atoms with van der Waals surface area (Å²) in [6.45, 7) is 0. The average Bonchev–Trinajstić information content (AvgIpc) is 3.04. The van der Waals surface area contributed by atoms with Crippen LogP contribution in [0, 0.1) is 0 Å². The van der Waals surface area contributed by atoms with Crippen LogP contribution in [0.1, 0.15) is 5.56 Å². The summed E-state index contributed by atoms with van der Waals surface area (Å²) in [5.41, 5.74) is 3.16. The van der Waals surface area contributed by atoms with Crippen LogP contribution in [-0.4, -0.2) is 30.6 Å². The Labute approximate surface area is 158 Å². The largest absolute Gasteiger partial charge is 0.361 e. The van der Waals surface area contributed by atoms with Crippen molar-refractivity contribution in [2.45, 2.75) is 17.4 Å². The summed E-state index contributed by atoms with van der Waals surface area (Å²) in [5.74, 6) is -0.837. The molecule has 1 heterocycles. The highest BCUT2D eigenvalue weighted by Crippen LogP contribution is 2.20. The number of hydrogen-bond donors (Lipinski definition) is 4. The van der Waals surface area contributed by atoms with E-state index in [1.165, 1.54) is 17.6 Å². The molecule has 3 rings (SSSR count). The standard InChI is InChI=1S/C17H16BrN3O4S/c18-12-5-7-13(8-6-12)26(24,25)21-16(17(22)20-23)9-11-10-19-15-4-2-1-3-14(11)15/h1-8,10,16,19,21,23H,9H2,(H,20,22)/t16-/m1/s1. The third kappa shape index (κ3) is 3.96. The Morgan fingerprint density at radius 1 is 1.15 bits per heavy atom. The summed E-state index contributed by atoms with van der Waals surface area (Å²) in [7, 11) is -3.94. The van der Waals surface area contributed by atoms with Crippen LogP contribution in [0.3, 0.4) is 0 Å². The van der Waals surface area contributed by atoms with Gasteiger partial charge < -0.3 is 4.98 Å². The Morgan fingerprint density at radius 2 is 1.85 bits per heavy atom. The Morgan fingerprint density at radius 3 is 2.54 bits per heavy atom. The first-order valence-corrected chi connectivity index (χ1v) is 9.95. The van der Waals surface area contributed by atoms with E-state index < -0.39 is 22.0 Å². The normalized spacial score (nSPS) is 12.8. The van der Waals surface area contributed by atoms with Gasteiger partial charge in [-0.25, -0.2) is 13.9 Å². The molecule has 0 saturated heterocycles. The summed E-state index contributed by atoms with van der Waals surface area (Å²) in [6, 6.07) is 12.3. The van der Waals surface area contributed by atoms with Crippen molar-refractivity contribution in [3.63, 3.8) is 0 Å². The molecule has 0 aliphatic rings. The number of H-pyrrole nitrogens is 1. The van der Waals surface area contributed by atoms with Crippen LogP contribution in [0.4, 0.5) is 0 Å². The molecule has 4 N–H and O–H groups in total. The Hall–Kier alpha value is -2.20. The predicted octanol–water partition coefficient (Wildman–Crippen LogP) is 2.33. The number of fused-ring (bicyclic) bond motifs is 1. The lowest BCUT2D eigenvalue weighted by Crippen LogP contribution is -2.47. The lowest BCUT2D eigenvalue weighted by molar-refractivity contribution is -0.130. The number of nitrogens with one attached hydrogen (secondary N) is 3.